The van der Waals surface area contributed by atoms with E-state index in [0.717, 1.165) is 23.0 Å². The molecule has 0 fully saturated rings. The van der Waals surface area contributed by atoms with Crippen LogP contribution in [0.3, 0.4) is 0 Å². The zero-order chi connectivity index (χ0) is 13.0. The third kappa shape index (κ3) is 2.99. The van der Waals surface area contributed by atoms with Crippen LogP contribution in [-0.4, -0.2) is 13.3 Å². The minimum Gasteiger partial charge on any atom is -0.369 e. The summed E-state index contributed by atoms with van der Waals surface area (Å²) in [7, 11) is 2.04. The van der Waals surface area contributed by atoms with Gasteiger partial charge in [0, 0.05) is 23.6 Å². The molecule has 0 bridgehead atoms. The molecule has 0 aliphatic rings. The summed E-state index contributed by atoms with van der Waals surface area (Å²) in [6, 6.07) is 15.9. The topological polar surface area (TPSA) is 20.3 Å². The second-order valence-corrected chi connectivity index (χ2v) is 5.02. The van der Waals surface area contributed by atoms with Crippen molar-refractivity contribution in [3.63, 3.8) is 0 Å². The van der Waals surface area contributed by atoms with Crippen molar-refractivity contribution in [3.05, 3.63) is 64.1 Å². The molecule has 0 saturated heterocycles. The summed E-state index contributed by atoms with van der Waals surface area (Å²) in [5, 5.41) is 0. The van der Waals surface area contributed by atoms with Crippen LogP contribution in [0.25, 0.3) is 0 Å². The fourth-order valence-electron chi connectivity index (χ4n) is 1.85. The first-order valence-electron chi connectivity index (χ1n) is 5.70. The van der Waals surface area contributed by atoms with Gasteiger partial charge in [0.2, 0.25) is 0 Å². The smallest absolute Gasteiger partial charge is 0.150 e. The quantitative estimate of drug-likeness (QED) is 0.799. The molecular weight excluding hydrogens is 290 g/mol. The summed E-state index contributed by atoms with van der Waals surface area (Å²) in [4.78, 5) is 12.8. The van der Waals surface area contributed by atoms with Crippen LogP contribution in [0.15, 0.2) is 53.0 Å². The number of carbonyl (C=O) groups is 1. The number of benzene rings is 2. The third-order valence-electron chi connectivity index (χ3n) is 2.78. The second-order valence-electron chi connectivity index (χ2n) is 4.17. The van der Waals surface area contributed by atoms with Gasteiger partial charge in [-0.05, 0) is 39.7 Å². The van der Waals surface area contributed by atoms with Gasteiger partial charge >= 0.3 is 0 Å². The van der Waals surface area contributed by atoms with Gasteiger partial charge in [-0.1, -0.05) is 30.3 Å². The molecule has 0 amide bonds. The predicted octanol–water partition coefficient (Wildman–Crippen LogP) is 3.90. The average molecular weight is 304 g/mol. The highest BCUT2D eigenvalue weighted by Gasteiger charge is 2.07. The van der Waals surface area contributed by atoms with Crippen LogP contribution in [0.4, 0.5) is 5.69 Å². The van der Waals surface area contributed by atoms with Gasteiger partial charge in [-0.15, -0.1) is 0 Å². The number of rotatable bonds is 4. The molecule has 0 atom stereocenters. The van der Waals surface area contributed by atoms with Crippen LogP contribution < -0.4 is 4.90 Å². The molecule has 92 valence electrons. The minimum atomic E-state index is 0.679. The number of anilines is 1. The van der Waals surface area contributed by atoms with E-state index in [1.807, 2.05) is 43.4 Å². The molecule has 2 aromatic carbocycles. The summed E-state index contributed by atoms with van der Waals surface area (Å²) < 4.78 is 0.936. The van der Waals surface area contributed by atoms with E-state index in [4.69, 9.17) is 0 Å². The molecule has 0 radical (unpaired) electrons. The summed E-state index contributed by atoms with van der Waals surface area (Å²) in [6.07, 6.45) is 0.853. The van der Waals surface area contributed by atoms with Crippen molar-refractivity contribution < 1.29 is 4.79 Å². The summed E-state index contributed by atoms with van der Waals surface area (Å²) in [5.74, 6) is 0. The number of halogens is 1. The van der Waals surface area contributed by atoms with Crippen LogP contribution >= 0.6 is 15.9 Å². The van der Waals surface area contributed by atoms with Crippen molar-refractivity contribution in [1.82, 2.24) is 0 Å². The van der Waals surface area contributed by atoms with Gasteiger partial charge in [0.15, 0.2) is 0 Å². The second kappa shape index (κ2) is 5.83. The highest BCUT2D eigenvalue weighted by Crippen LogP contribution is 2.27. The summed E-state index contributed by atoms with van der Waals surface area (Å²) in [6.45, 7) is 0.833. The lowest BCUT2D eigenvalue weighted by Gasteiger charge is -2.21. The highest BCUT2D eigenvalue weighted by molar-refractivity contribution is 9.10. The standard InChI is InChI=1S/C15H14BrNO/c1-17(10-12-5-3-2-4-6-12)15-8-7-13(11-18)9-14(15)16/h2-9,11H,10H2,1H3. The zero-order valence-corrected chi connectivity index (χ0v) is 11.7. The van der Waals surface area contributed by atoms with Crippen molar-refractivity contribution in [1.29, 1.82) is 0 Å². The molecule has 0 aliphatic heterocycles. The molecule has 0 aliphatic carbocycles. The Morgan fingerprint density at radius 3 is 2.50 bits per heavy atom. The Balaban J connectivity index is 2.19. The Morgan fingerprint density at radius 2 is 1.89 bits per heavy atom. The van der Waals surface area contributed by atoms with E-state index >= 15 is 0 Å². The fourth-order valence-corrected chi connectivity index (χ4v) is 2.55. The Bertz CT molecular complexity index is 539. The number of carbonyl (C=O) groups excluding carboxylic acids is 1. The Labute approximate surface area is 115 Å². The SMILES string of the molecule is CN(Cc1ccccc1)c1ccc(C=O)cc1Br. The summed E-state index contributed by atoms with van der Waals surface area (Å²) >= 11 is 3.50. The van der Waals surface area contributed by atoms with Gasteiger partial charge in [-0.25, -0.2) is 0 Å². The van der Waals surface area contributed by atoms with Crippen LogP contribution in [0.2, 0.25) is 0 Å². The number of hydrogen-bond acceptors (Lipinski definition) is 2. The van der Waals surface area contributed by atoms with Crippen LogP contribution in [0.5, 0.6) is 0 Å². The van der Waals surface area contributed by atoms with E-state index in [0.29, 0.717) is 5.56 Å². The van der Waals surface area contributed by atoms with Gasteiger partial charge in [0.25, 0.3) is 0 Å². The molecule has 2 aromatic rings. The Kier molecular flexibility index (Phi) is 4.15. The lowest BCUT2D eigenvalue weighted by atomic mass is 10.2. The number of aldehydes is 1. The van der Waals surface area contributed by atoms with Gasteiger partial charge in [-0.3, -0.25) is 4.79 Å². The molecule has 0 heterocycles. The minimum absolute atomic E-state index is 0.679. The molecule has 2 nitrogen and oxygen atoms in total. The van der Waals surface area contributed by atoms with Gasteiger partial charge in [-0.2, -0.15) is 0 Å². The molecule has 0 unspecified atom stereocenters. The molecular formula is C15H14BrNO. The Morgan fingerprint density at radius 1 is 1.17 bits per heavy atom. The maximum atomic E-state index is 10.7. The monoisotopic (exact) mass is 303 g/mol. The van der Waals surface area contributed by atoms with E-state index in [9.17, 15) is 4.79 Å². The zero-order valence-electron chi connectivity index (χ0n) is 10.1. The van der Waals surface area contributed by atoms with Gasteiger partial charge in [0.1, 0.15) is 6.29 Å². The number of hydrogen-bond donors (Lipinski definition) is 0. The third-order valence-corrected chi connectivity index (χ3v) is 3.42. The fraction of sp³-hybridized carbons (Fsp3) is 0.133. The van der Waals surface area contributed by atoms with Crippen LogP contribution in [0, 0.1) is 0 Å². The lowest BCUT2D eigenvalue weighted by Crippen LogP contribution is -2.16. The van der Waals surface area contributed by atoms with E-state index < -0.39 is 0 Å². The van der Waals surface area contributed by atoms with Crippen molar-refractivity contribution in [2.75, 3.05) is 11.9 Å². The van der Waals surface area contributed by atoms with Gasteiger partial charge in [0.05, 0.1) is 5.69 Å². The van der Waals surface area contributed by atoms with Crippen molar-refractivity contribution in [3.8, 4) is 0 Å². The predicted molar refractivity (Wildman–Crippen MR) is 78.1 cm³/mol. The number of nitrogens with zero attached hydrogens (tertiary/aromatic N) is 1. The molecule has 3 heteroatoms. The van der Waals surface area contributed by atoms with E-state index in [1.54, 1.807) is 0 Å². The van der Waals surface area contributed by atoms with Crippen molar-refractivity contribution in [2.45, 2.75) is 6.54 Å². The Hall–Kier alpha value is -1.61. The van der Waals surface area contributed by atoms with Crippen LogP contribution in [-0.2, 0) is 6.54 Å². The first kappa shape index (κ1) is 12.8. The molecule has 0 spiro atoms. The normalized spacial score (nSPS) is 10.1. The van der Waals surface area contributed by atoms with E-state index in [-0.39, 0.29) is 0 Å². The van der Waals surface area contributed by atoms with E-state index in [1.165, 1.54) is 5.56 Å². The molecule has 0 N–H and O–H groups in total. The van der Waals surface area contributed by atoms with E-state index in [2.05, 4.69) is 33.0 Å². The van der Waals surface area contributed by atoms with Crippen molar-refractivity contribution >= 4 is 27.9 Å². The first-order valence-corrected chi connectivity index (χ1v) is 6.50. The molecule has 2 rings (SSSR count). The summed E-state index contributed by atoms with van der Waals surface area (Å²) in [5.41, 5.74) is 3.01. The van der Waals surface area contributed by atoms with Gasteiger partial charge < -0.3 is 4.90 Å². The molecule has 0 aromatic heterocycles. The molecule has 0 saturated carbocycles. The average Bonchev–Trinajstić information content (AvgIpc) is 2.39. The maximum Gasteiger partial charge on any atom is 0.150 e. The first-order chi connectivity index (χ1) is 8.70. The van der Waals surface area contributed by atoms with Crippen molar-refractivity contribution in [2.24, 2.45) is 0 Å². The highest BCUT2D eigenvalue weighted by atomic mass is 79.9. The maximum absolute atomic E-state index is 10.7. The van der Waals surface area contributed by atoms with Crippen LogP contribution in [0.1, 0.15) is 15.9 Å². The molecule has 18 heavy (non-hydrogen) atoms. The largest absolute Gasteiger partial charge is 0.369 e. The lowest BCUT2D eigenvalue weighted by molar-refractivity contribution is 0.112.